The Labute approximate surface area is 149 Å². The van der Waals surface area contributed by atoms with E-state index in [4.69, 9.17) is 18.7 Å². The molecule has 0 spiro atoms. The minimum Gasteiger partial charge on any atom is -0.466 e. The monoisotopic (exact) mass is 359 g/mol. The first-order valence-electron chi connectivity index (χ1n) is 7.71. The molecule has 0 N–H and O–H groups in total. The van der Waals surface area contributed by atoms with E-state index in [1.807, 2.05) is 0 Å². The molecule has 1 aliphatic heterocycles. The Hall–Kier alpha value is -3.20. The molecule has 9 nitrogen and oxygen atoms in total. The highest BCUT2D eigenvalue weighted by atomic mass is 16.5. The Balaban J connectivity index is 2.16. The predicted molar refractivity (Wildman–Crippen MR) is 88.8 cm³/mol. The molecule has 2 aromatic rings. The molecule has 0 saturated heterocycles. The van der Waals surface area contributed by atoms with Crippen molar-refractivity contribution in [3.63, 3.8) is 0 Å². The standard InChI is InChI=1S/C17H17N3O6/c1-10-18-15(26-19-10)11-6-4-5-7-13(11)20-9-25-8-12(16(21)23-2)14(20)17(22)24-3/h4-7H,8-9H2,1-3H3. The minimum absolute atomic E-state index is 0.0368. The fourth-order valence-corrected chi connectivity index (χ4v) is 2.63. The van der Waals surface area contributed by atoms with E-state index < -0.39 is 11.9 Å². The molecule has 1 aromatic carbocycles. The van der Waals surface area contributed by atoms with E-state index in [-0.39, 0.29) is 30.5 Å². The third kappa shape index (κ3) is 3.16. The van der Waals surface area contributed by atoms with Crippen molar-refractivity contribution in [2.45, 2.75) is 6.92 Å². The lowest BCUT2D eigenvalue weighted by atomic mass is 10.1. The van der Waals surface area contributed by atoms with Gasteiger partial charge in [0.25, 0.3) is 5.89 Å². The van der Waals surface area contributed by atoms with Crippen molar-refractivity contribution < 1.29 is 28.3 Å². The van der Waals surface area contributed by atoms with Crippen molar-refractivity contribution in [3.05, 3.63) is 41.4 Å². The molecule has 0 amide bonds. The van der Waals surface area contributed by atoms with Gasteiger partial charge >= 0.3 is 11.9 Å². The van der Waals surface area contributed by atoms with Gasteiger partial charge < -0.3 is 23.6 Å². The highest BCUT2D eigenvalue weighted by Crippen LogP contribution is 2.34. The highest BCUT2D eigenvalue weighted by molar-refractivity contribution is 6.04. The Bertz CT molecular complexity index is 873. The van der Waals surface area contributed by atoms with Gasteiger partial charge in [0, 0.05) is 0 Å². The zero-order chi connectivity index (χ0) is 18.7. The number of esters is 2. The number of anilines is 1. The molecule has 0 unspecified atom stereocenters. The molecule has 26 heavy (non-hydrogen) atoms. The van der Waals surface area contributed by atoms with Gasteiger partial charge in [-0.05, 0) is 19.1 Å². The van der Waals surface area contributed by atoms with Gasteiger partial charge in [-0.25, -0.2) is 9.59 Å². The smallest absolute Gasteiger partial charge is 0.355 e. The van der Waals surface area contributed by atoms with E-state index in [1.165, 1.54) is 19.1 Å². The average molecular weight is 359 g/mol. The second-order valence-corrected chi connectivity index (χ2v) is 5.38. The molecule has 0 saturated carbocycles. The largest absolute Gasteiger partial charge is 0.466 e. The molecular weight excluding hydrogens is 342 g/mol. The summed E-state index contributed by atoms with van der Waals surface area (Å²) in [6.45, 7) is 1.68. The van der Waals surface area contributed by atoms with Gasteiger partial charge in [0.2, 0.25) is 0 Å². The van der Waals surface area contributed by atoms with Crippen molar-refractivity contribution in [1.29, 1.82) is 0 Å². The summed E-state index contributed by atoms with van der Waals surface area (Å²) in [5, 5.41) is 3.79. The van der Waals surface area contributed by atoms with Crippen LogP contribution >= 0.6 is 0 Å². The Morgan fingerprint density at radius 1 is 1.15 bits per heavy atom. The molecule has 1 aliphatic rings. The van der Waals surface area contributed by atoms with Crippen LogP contribution in [-0.2, 0) is 23.8 Å². The number of aryl methyl sites for hydroxylation is 1. The zero-order valence-corrected chi connectivity index (χ0v) is 14.5. The summed E-state index contributed by atoms with van der Waals surface area (Å²) in [5.74, 6) is -0.581. The van der Waals surface area contributed by atoms with Crippen LogP contribution < -0.4 is 4.90 Å². The summed E-state index contributed by atoms with van der Waals surface area (Å²) in [5.41, 5.74) is 1.26. The van der Waals surface area contributed by atoms with E-state index in [0.717, 1.165) is 0 Å². The molecule has 0 fully saturated rings. The van der Waals surface area contributed by atoms with Crippen molar-refractivity contribution in [2.24, 2.45) is 0 Å². The summed E-state index contributed by atoms with van der Waals surface area (Å²) in [4.78, 5) is 30.2. The number of aromatic nitrogens is 2. The zero-order valence-electron chi connectivity index (χ0n) is 14.5. The fourth-order valence-electron chi connectivity index (χ4n) is 2.63. The van der Waals surface area contributed by atoms with Gasteiger partial charge in [-0.2, -0.15) is 4.98 Å². The lowest BCUT2D eigenvalue weighted by Crippen LogP contribution is -2.39. The summed E-state index contributed by atoms with van der Waals surface area (Å²) in [6, 6.07) is 7.10. The van der Waals surface area contributed by atoms with Crippen molar-refractivity contribution >= 4 is 17.6 Å². The van der Waals surface area contributed by atoms with E-state index in [0.29, 0.717) is 17.1 Å². The number of hydrogen-bond donors (Lipinski definition) is 0. The summed E-state index contributed by atoms with van der Waals surface area (Å²) in [7, 11) is 2.48. The Morgan fingerprint density at radius 2 is 1.88 bits per heavy atom. The highest BCUT2D eigenvalue weighted by Gasteiger charge is 2.33. The van der Waals surface area contributed by atoms with Gasteiger partial charge in [-0.1, -0.05) is 17.3 Å². The molecule has 0 atom stereocenters. The number of rotatable bonds is 4. The lowest BCUT2D eigenvalue weighted by molar-refractivity contribution is -0.140. The number of nitrogens with zero attached hydrogens (tertiary/aromatic N) is 3. The van der Waals surface area contributed by atoms with Gasteiger partial charge in [0.05, 0.1) is 37.7 Å². The summed E-state index contributed by atoms with van der Waals surface area (Å²) >= 11 is 0. The molecule has 0 bridgehead atoms. The number of carbonyl (C=O) groups excluding carboxylic acids is 2. The van der Waals surface area contributed by atoms with Crippen molar-refractivity contribution in [3.8, 4) is 11.5 Å². The van der Waals surface area contributed by atoms with Crippen LogP contribution in [0.2, 0.25) is 0 Å². The van der Waals surface area contributed by atoms with Crippen molar-refractivity contribution in [2.75, 3.05) is 32.5 Å². The van der Waals surface area contributed by atoms with Crippen LogP contribution in [0.25, 0.3) is 11.5 Å². The SMILES string of the molecule is COC(=O)C1=C(C(=O)OC)N(c2ccccc2-c2nc(C)no2)COC1. The molecular formula is C17H17N3O6. The second-order valence-electron chi connectivity index (χ2n) is 5.38. The number of carbonyl (C=O) groups is 2. The van der Waals surface area contributed by atoms with Crippen LogP contribution in [-0.4, -0.2) is 49.6 Å². The van der Waals surface area contributed by atoms with Crippen LogP contribution in [0.15, 0.2) is 40.1 Å². The molecule has 1 aromatic heterocycles. The first kappa shape index (κ1) is 17.6. The van der Waals surface area contributed by atoms with Crippen LogP contribution in [0.3, 0.4) is 0 Å². The first-order valence-corrected chi connectivity index (χ1v) is 7.71. The van der Waals surface area contributed by atoms with Crippen LogP contribution in [0.1, 0.15) is 5.82 Å². The van der Waals surface area contributed by atoms with E-state index in [2.05, 4.69) is 10.1 Å². The lowest BCUT2D eigenvalue weighted by Gasteiger charge is -2.32. The maximum Gasteiger partial charge on any atom is 0.355 e. The Morgan fingerprint density at radius 3 is 2.54 bits per heavy atom. The van der Waals surface area contributed by atoms with Crippen LogP contribution in [0.5, 0.6) is 0 Å². The molecule has 2 heterocycles. The number of hydrogen-bond acceptors (Lipinski definition) is 9. The third-order valence-electron chi connectivity index (χ3n) is 3.79. The third-order valence-corrected chi connectivity index (χ3v) is 3.79. The van der Waals surface area contributed by atoms with Gasteiger partial charge in [-0.15, -0.1) is 0 Å². The van der Waals surface area contributed by atoms with Crippen LogP contribution in [0, 0.1) is 6.92 Å². The molecule has 136 valence electrons. The number of methoxy groups -OCH3 is 2. The van der Waals surface area contributed by atoms with Gasteiger partial charge in [-0.3, -0.25) is 0 Å². The van der Waals surface area contributed by atoms with Crippen LogP contribution in [0.4, 0.5) is 5.69 Å². The average Bonchev–Trinajstić information content (AvgIpc) is 3.12. The topological polar surface area (TPSA) is 104 Å². The van der Waals surface area contributed by atoms with Gasteiger partial charge in [0.15, 0.2) is 5.82 Å². The maximum absolute atomic E-state index is 12.4. The summed E-state index contributed by atoms with van der Waals surface area (Å²) in [6.07, 6.45) is 0. The fraction of sp³-hybridized carbons (Fsp3) is 0.294. The molecule has 9 heteroatoms. The summed E-state index contributed by atoms with van der Waals surface area (Å²) < 4.78 is 20.4. The quantitative estimate of drug-likeness (QED) is 0.750. The number of para-hydroxylation sites is 1. The van der Waals surface area contributed by atoms with E-state index >= 15 is 0 Å². The maximum atomic E-state index is 12.4. The first-order chi connectivity index (χ1) is 12.6. The normalized spacial score (nSPS) is 14.3. The van der Waals surface area contributed by atoms with Crippen molar-refractivity contribution in [1.82, 2.24) is 10.1 Å². The van der Waals surface area contributed by atoms with E-state index in [1.54, 1.807) is 31.2 Å². The molecule has 0 radical (unpaired) electrons. The minimum atomic E-state index is -0.676. The number of benzene rings is 1. The molecule has 0 aliphatic carbocycles. The van der Waals surface area contributed by atoms with Gasteiger partial charge in [0.1, 0.15) is 12.4 Å². The second kappa shape index (κ2) is 7.36. The predicted octanol–water partition coefficient (Wildman–Crippen LogP) is 1.44. The van der Waals surface area contributed by atoms with E-state index in [9.17, 15) is 9.59 Å². The molecule has 3 rings (SSSR count). The number of ether oxygens (including phenoxy) is 3. The Kier molecular flexibility index (Phi) is 4.99.